The molecule has 0 amide bonds. The highest BCUT2D eigenvalue weighted by molar-refractivity contribution is 5.67. The Morgan fingerprint density at radius 3 is 2.04 bits per heavy atom. The van der Waals surface area contributed by atoms with Crippen molar-refractivity contribution in [1.29, 1.82) is 0 Å². The van der Waals surface area contributed by atoms with E-state index in [9.17, 15) is 10.4 Å². The normalized spacial score (nSPS) is 25.7. The van der Waals surface area contributed by atoms with Gasteiger partial charge in [-0.1, -0.05) is 18.2 Å². The van der Waals surface area contributed by atoms with Crippen molar-refractivity contribution in [3.63, 3.8) is 0 Å². The smallest absolute Gasteiger partial charge is 0.212 e. The zero-order valence-electron chi connectivity index (χ0n) is 25.9. The topological polar surface area (TPSA) is 92.3 Å². The Morgan fingerprint density at radius 2 is 1.29 bits per heavy atom. The summed E-state index contributed by atoms with van der Waals surface area (Å²) in [6.45, 7) is 0.877. The second kappa shape index (κ2) is 10.1. The molecule has 4 atom stereocenters. The minimum absolute atomic E-state index is 0.378. The van der Waals surface area contributed by atoms with Crippen LogP contribution in [-0.2, 0) is 25.7 Å². The zero-order chi connectivity index (χ0) is 31.1. The van der Waals surface area contributed by atoms with E-state index >= 15 is 0 Å². The van der Waals surface area contributed by atoms with Crippen LogP contribution >= 0.6 is 0 Å². The van der Waals surface area contributed by atoms with Gasteiger partial charge in [0.25, 0.3) is 0 Å². The van der Waals surface area contributed by atoms with Gasteiger partial charge in [0.2, 0.25) is 5.75 Å². The van der Waals surface area contributed by atoms with Crippen molar-refractivity contribution in [3.05, 3.63) is 104 Å². The summed E-state index contributed by atoms with van der Waals surface area (Å²) in [5.41, 5.74) is 5.85. The Labute approximate surface area is 262 Å². The molecule has 0 fully saturated rings. The summed E-state index contributed by atoms with van der Waals surface area (Å²) in [7, 11) is 6.72. The van der Waals surface area contributed by atoms with Gasteiger partial charge in [0.15, 0.2) is 34.5 Å². The molecule has 4 aromatic carbocycles. The molecule has 5 aliphatic rings. The number of likely N-dealkylation sites (N-methyl/N-ethyl adjacent to an activating group) is 2. The Kier molecular flexibility index (Phi) is 6.34. The maximum absolute atomic E-state index is 14.1. The molecule has 5 heterocycles. The first kappa shape index (κ1) is 28.2. The first-order valence-corrected chi connectivity index (χ1v) is 15.5. The second-order valence-electron chi connectivity index (χ2n) is 13.0. The predicted octanol–water partition coefficient (Wildman–Crippen LogP) is 7.28. The number of nitrogens with zero attached hydrogens (tertiary/aromatic N) is 2. The van der Waals surface area contributed by atoms with E-state index in [1.807, 2.05) is 60.7 Å². The largest absolute Gasteiger partial charge is 0.633 e. The number of fused-ring (bicyclic) bond motifs is 2. The third kappa shape index (κ3) is 4.61. The van der Waals surface area contributed by atoms with Crippen LogP contribution in [0.4, 0.5) is 0 Å². The van der Waals surface area contributed by atoms with Crippen LogP contribution in [0, 0.1) is 10.4 Å². The number of ether oxygens (including phenoxy) is 5. The fraction of sp³-hybridized carbons (Fsp3) is 0.333. The molecule has 0 N–H and O–H groups in total. The molecule has 0 aromatic heterocycles. The molecule has 7 bridgehead atoms. The highest BCUT2D eigenvalue weighted by Crippen LogP contribution is 2.57. The Hall–Kier alpha value is -4.28. The summed E-state index contributed by atoms with van der Waals surface area (Å²) in [5.74, 6) is 4.55. The van der Waals surface area contributed by atoms with Crippen LogP contribution in [0.3, 0.4) is 0 Å². The molecule has 9 nitrogen and oxygen atoms in total. The van der Waals surface area contributed by atoms with E-state index in [-0.39, 0.29) is 6.04 Å². The SMILES string of the molecule is COc1ccc2cc1Oc1ccc(cc1)CC1c3c(cc(OC)c4c3Oc3cc5c(cc3O4)CC[N+](C)([O-])C5C2)CC[N+]1(C)[O-]. The number of hydroxylamine groups is 6. The van der Waals surface area contributed by atoms with Gasteiger partial charge in [-0.15, -0.1) is 0 Å². The van der Waals surface area contributed by atoms with Gasteiger partial charge in [-0.05, 0) is 64.7 Å². The Morgan fingerprint density at radius 1 is 0.644 bits per heavy atom. The van der Waals surface area contributed by atoms with Gasteiger partial charge in [-0.2, -0.15) is 0 Å². The van der Waals surface area contributed by atoms with Crippen molar-refractivity contribution in [2.75, 3.05) is 41.4 Å². The van der Waals surface area contributed by atoms with E-state index in [2.05, 4.69) is 0 Å². The van der Waals surface area contributed by atoms with Gasteiger partial charge in [-0.3, -0.25) is 0 Å². The van der Waals surface area contributed by atoms with Crippen molar-refractivity contribution in [2.45, 2.75) is 37.8 Å². The summed E-state index contributed by atoms with van der Waals surface area (Å²) >= 11 is 0. The molecular formula is C36H36N2O7. The van der Waals surface area contributed by atoms with Crippen LogP contribution in [0.25, 0.3) is 0 Å². The molecule has 232 valence electrons. The van der Waals surface area contributed by atoms with Crippen LogP contribution in [-0.4, -0.2) is 50.7 Å². The fourth-order valence-corrected chi connectivity index (χ4v) is 7.48. The summed E-state index contributed by atoms with van der Waals surface area (Å²) < 4.78 is 30.3. The van der Waals surface area contributed by atoms with Crippen molar-refractivity contribution < 1.29 is 33.0 Å². The summed E-state index contributed by atoms with van der Waals surface area (Å²) in [6.07, 6.45) is 2.22. The monoisotopic (exact) mass is 608 g/mol. The second-order valence-corrected chi connectivity index (χ2v) is 13.0. The lowest BCUT2D eigenvalue weighted by molar-refractivity contribution is -0.894. The maximum Gasteiger partial charge on any atom is 0.212 e. The molecule has 9 heteroatoms. The lowest BCUT2D eigenvalue weighted by Gasteiger charge is -2.50. The zero-order valence-corrected chi connectivity index (χ0v) is 25.9. The van der Waals surface area contributed by atoms with Crippen LogP contribution < -0.4 is 23.7 Å². The predicted molar refractivity (Wildman–Crippen MR) is 168 cm³/mol. The van der Waals surface area contributed by atoms with E-state index in [4.69, 9.17) is 23.7 Å². The average Bonchev–Trinajstić information content (AvgIpc) is 3.02. The van der Waals surface area contributed by atoms with Crippen molar-refractivity contribution in [2.24, 2.45) is 0 Å². The first-order valence-electron chi connectivity index (χ1n) is 15.5. The number of rotatable bonds is 2. The van der Waals surface area contributed by atoms with Gasteiger partial charge in [0.1, 0.15) is 17.8 Å². The van der Waals surface area contributed by atoms with Gasteiger partial charge in [0, 0.05) is 31.2 Å². The van der Waals surface area contributed by atoms with Crippen molar-refractivity contribution >= 4 is 0 Å². The van der Waals surface area contributed by atoms with E-state index < -0.39 is 15.3 Å². The molecule has 0 saturated carbocycles. The summed E-state index contributed by atoms with van der Waals surface area (Å²) in [6, 6.07) is 18.8. The molecule has 5 aliphatic heterocycles. The number of methoxy groups -OCH3 is 2. The molecule has 0 aliphatic carbocycles. The Bertz CT molecular complexity index is 1830. The summed E-state index contributed by atoms with van der Waals surface area (Å²) in [4.78, 5) is 0. The molecule has 4 aromatic rings. The quantitative estimate of drug-likeness (QED) is 0.154. The standard InChI is InChI=1S/C36H36N2O7/c1-37(39)13-11-23-18-31-32-20-26(23)27(37)16-22-7-10-29(41-3)30(17-22)43-25-8-5-21(6-9-25)15-28-34-24(12-14-38(28,2)40)19-33(42-4)35(44-31)36(34)45-32/h5-10,17-20,27-28H,11-16H2,1-4H3. The maximum atomic E-state index is 14.1. The van der Waals surface area contributed by atoms with Crippen LogP contribution in [0.5, 0.6) is 46.0 Å². The van der Waals surface area contributed by atoms with Crippen LogP contribution in [0.15, 0.2) is 60.7 Å². The van der Waals surface area contributed by atoms with Crippen molar-refractivity contribution in [3.8, 4) is 46.0 Å². The van der Waals surface area contributed by atoms with Gasteiger partial charge in [-0.25, -0.2) is 0 Å². The number of hydrogen-bond donors (Lipinski definition) is 0. The van der Waals surface area contributed by atoms with Crippen LogP contribution in [0.2, 0.25) is 0 Å². The lowest BCUT2D eigenvalue weighted by Crippen LogP contribution is -2.47. The minimum atomic E-state index is -0.442. The van der Waals surface area contributed by atoms with E-state index in [1.54, 1.807) is 28.3 Å². The third-order valence-corrected chi connectivity index (χ3v) is 10.1. The van der Waals surface area contributed by atoms with Gasteiger partial charge < -0.3 is 43.4 Å². The lowest BCUT2D eigenvalue weighted by atomic mass is 9.86. The van der Waals surface area contributed by atoms with Crippen molar-refractivity contribution in [1.82, 2.24) is 0 Å². The average molecular weight is 609 g/mol. The molecule has 0 radical (unpaired) electrons. The highest BCUT2D eigenvalue weighted by Gasteiger charge is 2.42. The molecule has 0 saturated heterocycles. The number of quaternary nitrogens is 2. The van der Waals surface area contributed by atoms with Gasteiger partial charge >= 0.3 is 0 Å². The van der Waals surface area contributed by atoms with Crippen LogP contribution in [0.1, 0.15) is 45.5 Å². The van der Waals surface area contributed by atoms with E-state index in [0.29, 0.717) is 84.8 Å². The van der Waals surface area contributed by atoms with Gasteiger partial charge in [0.05, 0.1) is 47.0 Å². The number of benzene rings is 4. The Balaban J connectivity index is 1.35. The minimum Gasteiger partial charge on any atom is -0.633 e. The van der Waals surface area contributed by atoms with E-state index in [0.717, 1.165) is 33.4 Å². The first-order chi connectivity index (χ1) is 21.6. The molecule has 4 unspecified atom stereocenters. The molecular weight excluding hydrogens is 572 g/mol. The number of hydrogen-bond acceptors (Lipinski definition) is 7. The molecule has 0 spiro atoms. The molecule has 45 heavy (non-hydrogen) atoms. The fourth-order valence-electron chi connectivity index (χ4n) is 7.48. The highest BCUT2D eigenvalue weighted by atomic mass is 16.6. The van der Waals surface area contributed by atoms with E-state index in [1.165, 1.54) is 0 Å². The molecule has 9 rings (SSSR count). The summed E-state index contributed by atoms with van der Waals surface area (Å²) in [5, 5.41) is 28.2. The third-order valence-electron chi connectivity index (χ3n) is 10.1.